The minimum Gasteiger partial charge on any atom is -0.395 e. The second-order valence-electron chi connectivity index (χ2n) is 5.03. The summed E-state index contributed by atoms with van der Waals surface area (Å²) in [5, 5.41) is 8.65. The van der Waals surface area contributed by atoms with E-state index in [4.69, 9.17) is 5.11 Å². The molecular weight excluding hydrogens is 274 g/mol. The van der Waals surface area contributed by atoms with Gasteiger partial charge in [0.05, 0.1) is 11.5 Å². The van der Waals surface area contributed by atoms with Crippen LogP contribution in [0, 0.1) is 17.8 Å². The van der Waals surface area contributed by atoms with E-state index in [1.54, 1.807) is 31.3 Å². The van der Waals surface area contributed by atoms with Crippen molar-refractivity contribution in [2.24, 2.45) is 5.92 Å². The van der Waals surface area contributed by atoms with Crippen LogP contribution in [-0.4, -0.2) is 38.0 Å². The van der Waals surface area contributed by atoms with Crippen LogP contribution in [0.4, 0.5) is 0 Å². The largest absolute Gasteiger partial charge is 0.395 e. The average Bonchev–Trinajstić information content (AvgIpc) is 3.23. The van der Waals surface area contributed by atoms with Gasteiger partial charge in [-0.25, -0.2) is 12.7 Å². The first-order chi connectivity index (χ1) is 9.54. The minimum absolute atomic E-state index is 0.0332. The lowest BCUT2D eigenvalue weighted by atomic mass is 10.2. The standard InChI is InChI=1S/C15H19NO3S/c1-16(12-14-5-6-14)20(18,19)15-9-7-13(8-10-15)4-2-3-11-17/h7-10,14,17H,3,5-6,11-12H2,1H3. The van der Waals surface area contributed by atoms with Gasteiger partial charge in [-0.1, -0.05) is 11.8 Å². The quantitative estimate of drug-likeness (QED) is 0.836. The maximum Gasteiger partial charge on any atom is 0.242 e. The number of aliphatic hydroxyl groups is 1. The van der Waals surface area contributed by atoms with E-state index in [-0.39, 0.29) is 6.61 Å². The van der Waals surface area contributed by atoms with Crippen molar-refractivity contribution < 1.29 is 13.5 Å². The highest BCUT2D eigenvalue weighted by Gasteiger charge is 2.28. The highest BCUT2D eigenvalue weighted by Crippen LogP contribution is 2.30. The summed E-state index contributed by atoms with van der Waals surface area (Å²) in [6.07, 6.45) is 2.67. The van der Waals surface area contributed by atoms with Crippen LogP contribution >= 0.6 is 0 Å². The van der Waals surface area contributed by atoms with Gasteiger partial charge in [0.25, 0.3) is 0 Å². The first kappa shape index (κ1) is 15.0. The zero-order valence-electron chi connectivity index (χ0n) is 11.5. The number of nitrogens with zero attached hydrogens (tertiary/aromatic N) is 1. The van der Waals surface area contributed by atoms with Crippen LogP contribution < -0.4 is 0 Å². The van der Waals surface area contributed by atoms with Crippen molar-refractivity contribution in [2.45, 2.75) is 24.2 Å². The van der Waals surface area contributed by atoms with E-state index in [0.29, 0.717) is 23.8 Å². The Bertz CT molecular complexity index is 607. The molecule has 1 aliphatic rings. The molecule has 0 bridgehead atoms. The number of rotatable bonds is 5. The predicted molar refractivity (Wildman–Crippen MR) is 77.6 cm³/mol. The third kappa shape index (κ3) is 3.83. The maximum absolute atomic E-state index is 12.3. The molecule has 0 amide bonds. The van der Waals surface area contributed by atoms with E-state index in [1.807, 2.05) is 0 Å². The van der Waals surface area contributed by atoms with E-state index in [1.165, 1.54) is 4.31 Å². The molecule has 4 nitrogen and oxygen atoms in total. The fourth-order valence-corrected chi connectivity index (χ4v) is 3.12. The van der Waals surface area contributed by atoms with Gasteiger partial charge in [0.15, 0.2) is 0 Å². The van der Waals surface area contributed by atoms with Gasteiger partial charge in [-0.2, -0.15) is 0 Å². The monoisotopic (exact) mass is 293 g/mol. The molecule has 1 fully saturated rings. The summed E-state index contributed by atoms with van der Waals surface area (Å²) in [4.78, 5) is 0.299. The lowest BCUT2D eigenvalue weighted by Crippen LogP contribution is -2.28. The van der Waals surface area contributed by atoms with E-state index < -0.39 is 10.0 Å². The molecule has 0 aliphatic heterocycles. The Kier molecular flexibility index (Phi) is 4.81. The molecule has 0 aromatic heterocycles. The number of hydrogen-bond donors (Lipinski definition) is 1. The second-order valence-corrected chi connectivity index (χ2v) is 7.07. The molecule has 0 radical (unpaired) electrons. The molecule has 1 aromatic rings. The molecule has 1 aliphatic carbocycles. The van der Waals surface area contributed by atoms with Crippen molar-refractivity contribution in [1.82, 2.24) is 4.31 Å². The molecular formula is C15H19NO3S. The van der Waals surface area contributed by atoms with Gasteiger partial charge in [0.1, 0.15) is 0 Å². The summed E-state index contributed by atoms with van der Waals surface area (Å²) in [6.45, 7) is 0.631. The Morgan fingerprint density at radius 2 is 1.95 bits per heavy atom. The average molecular weight is 293 g/mol. The van der Waals surface area contributed by atoms with Gasteiger partial charge in [0, 0.05) is 25.6 Å². The summed E-state index contributed by atoms with van der Waals surface area (Å²) in [6, 6.07) is 6.56. The highest BCUT2D eigenvalue weighted by atomic mass is 32.2. The zero-order valence-corrected chi connectivity index (χ0v) is 12.4. The summed E-state index contributed by atoms with van der Waals surface area (Å²) >= 11 is 0. The number of hydrogen-bond acceptors (Lipinski definition) is 3. The number of sulfonamides is 1. The molecule has 20 heavy (non-hydrogen) atoms. The molecule has 5 heteroatoms. The lowest BCUT2D eigenvalue weighted by molar-refractivity contribution is 0.305. The van der Waals surface area contributed by atoms with Crippen LogP contribution in [0.1, 0.15) is 24.8 Å². The molecule has 0 saturated heterocycles. The zero-order chi connectivity index (χ0) is 14.6. The van der Waals surface area contributed by atoms with Gasteiger partial charge in [0.2, 0.25) is 10.0 Å². The van der Waals surface area contributed by atoms with Crippen LogP contribution in [0.15, 0.2) is 29.2 Å². The normalized spacial score (nSPS) is 14.9. The number of aliphatic hydroxyl groups excluding tert-OH is 1. The van der Waals surface area contributed by atoms with Crippen molar-refractivity contribution in [3.8, 4) is 11.8 Å². The molecule has 0 heterocycles. The molecule has 2 rings (SSSR count). The van der Waals surface area contributed by atoms with Crippen molar-refractivity contribution in [3.63, 3.8) is 0 Å². The summed E-state index contributed by atoms with van der Waals surface area (Å²) in [5.41, 5.74) is 0.752. The molecule has 108 valence electrons. The van der Waals surface area contributed by atoms with Crippen molar-refractivity contribution in [2.75, 3.05) is 20.2 Å². The Labute approximate surface area is 120 Å². The van der Waals surface area contributed by atoms with Gasteiger partial charge < -0.3 is 5.11 Å². The van der Waals surface area contributed by atoms with Crippen LogP contribution in [0.5, 0.6) is 0 Å². The Hall–Kier alpha value is -1.35. The van der Waals surface area contributed by atoms with E-state index in [9.17, 15) is 8.42 Å². The third-order valence-corrected chi connectivity index (χ3v) is 5.08. The Balaban J connectivity index is 2.10. The lowest BCUT2D eigenvalue weighted by Gasteiger charge is -2.16. The first-order valence-corrected chi connectivity index (χ1v) is 8.14. The van der Waals surface area contributed by atoms with Crippen LogP contribution in [0.2, 0.25) is 0 Å². The van der Waals surface area contributed by atoms with Gasteiger partial charge in [-0.15, -0.1) is 0 Å². The molecule has 0 spiro atoms. The molecule has 0 atom stereocenters. The van der Waals surface area contributed by atoms with E-state index >= 15 is 0 Å². The van der Waals surface area contributed by atoms with Gasteiger partial charge in [-0.05, 0) is 43.0 Å². The van der Waals surface area contributed by atoms with Gasteiger partial charge >= 0.3 is 0 Å². The second kappa shape index (κ2) is 6.40. The van der Waals surface area contributed by atoms with Crippen LogP contribution in [0.25, 0.3) is 0 Å². The fraction of sp³-hybridized carbons (Fsp3) is 0.467. The summed E-state index contributed by atoms with van der Waals surface area (Å²) in [5.74, 6) is 6.21. The maximum atomic E-state index is 12.3. The fourth-order valence-electron chi connectivity index (χ4n) is 1.87. The Morgan fingerprint density at radius 1 is 1.30 bits per heavy atom. The van der Waals surface area contributed by atoms with Crippen molar-refractivity contribution in [3.05, 3.63) is 29.8 Å². The first-order valence-electron chi connectivity index (χ1n) is 6.70. The summed E-state index contributed by atoms with van der Waals surface area (Å²) < 4.78 is 26.1. The molecule has 1 N–H and O–H groups in total. The molecule has 0 unspecified atom stereocenters. The van der Waals surface area contributed by atoms with E-state index in [0.717, 1.165) is 18.4 Å². The van der Waals surface area contributed by atoms with Crippen molar-refractivity contribution >= 4 is 10.0 Å². The summed E-state index contributed by atoms with van der Waals surface area (Å²) in [7, 11) is -1.76. The Morgan fingerprint density at radius 3 is 2.50 bits per heavy atom. The van der Waals surface area contributed by atoms with Crippen LogP contribution in [-0.2, 0) is 10.0 Å². The van der Waals surface area contributed by atoms with Gasteiger partial charge in [-0.3, -0.25) is 0 Å². The minimum atomic E-state index is -3.39. The molecule has 1 saturated carbocycles. The van der Waals surface area contributed by atoms with Crippen LogP contribution in [0.3, 0.4) is 0 Å². The SMILES string of the molecule is CN(CC1CC1)S(=O)(=O)c1ccc(C#CCCO)cc1. The smallest absolute Gasteiger partial charge is 0.242 e. The molecule has 1 aromatic carbocycles. The highest BCUT2D eigenvalue weighted by molar-refractivity contribution is 7.89. The number of benzene rings is 1. The van der Waals surface area contributed by atoms with E-state index in [2.05, 4.69) is 11.8 Å². The third-order valence-electron chi connectivity index (χ3n) is 3.24. The predicted octanol–water partition coefficient (Wildman–Crippen LogP) is 1.45. The topological polar surface area (TPSA) is 57.6 Å². The van der Waals surface area contributed by atoms with Crippen molar-refractivity contribution in [1.29, 1.82) is 0 Å².